The molecular formula is C19H27N3. The Balaban J connectivity index is 1.86. The van der Waals surface area contributed by atoms with Gasteiger partial charge in [-0.1, -0.05) is 25.5 Å². The maximum absolute atomic E-state index is 3.47. The number of rotatable bonds is 5. The Morgan fingerprint density at radius 1 is 1.32 bits per heavy atom. The van der Waals surface area contributed by atoms with E-state index in [1.54, 1.807) is 0 Å². The molecule has 3 nitrogen and oxygen atoms in total. The van der Waals surface area contributed by atoms with E-state index in [1.165, 1.54) is 40.6 Å². The van der Waals surface area contributed by atoms with Gasteiger partial charge in [-0.15, -0.1) is 0 Å². The number of hydrogen-bond donors (Lipinski definition) is 1. The molecule has 1 aromatic heterocycles. The van der Waals surface area contributed by atoms with Crippen LogP contribution in [0.25, 0.3) is 16.5 Å². The van der Waals surface area contributed by atoms with Gasteiger partial charge >= 0.3 is 0 Å². The number of likely N-dealkylation sites (N-methyl/N-ethyl adjacent to an activating group) is 1. The first-order valence-electron chi connectivity index (χ1n) is 8.39. The van der Waals surface area contributed by atoms with Gasteiger partial charge in [0.15, 0.2) is 0 Å². The monoisotopic (exact) mass is 297 g/mol. The van der Waals surface area contributed by atoms with Crippen LogP contribution in [0.3, 0.4) is 0 Å². The zero-order chi connectivity index (χ0) is 15.5. The molecule has 3 heteroatoms. The lowest BCUT2D eigenvalue weighted by atomic mass is 9.99. The average Bonchev–Trinajstić information content (AvgIpc) is 2.96. The van der Waals surface area contributed by atoms with Crippen LogP contribution in [0.5, 0.6) is 0 Å². The summed E-state index contributed by atoms with van der Waals surface area (Å²) in [4.78, 5) is 8.17. The number of nitrogens with zero attached hydrogens (tertiary/aromatic N) is 2. The first kappa shape index (κ1) is 15.2. The van der Waals surface area contributed by atoms with Gasteiger partial charge in [-0.05, 0) is 37.6 Å². The summed E-state index contributed by atoms with van der Waals surface area (Å²) in [5, 5.41) is 1.35. The van der Waals surface area contributed by atoms with Gasteiger partial charge in [0, 0.05) is 55.0 Å². The molecule has 0 radical (unpaired) electrons. The third kappa shape index (κ3) is 3.05. The van der Waals surface area contributed by atoms with Crippen LogP contribution in [0.2, 0.25) is 0 Å². The molecule has 0 fully saturated rings. The largest absolute Gasteiger partial charge is 0.375 e. The first-order valence-corrected chi connectivity index (χ1v) is 8.39. The highest BCUT2D eigenvalue weighted by Crippen LogP contribution is 2.31. The molecule has 2 aromatic rings. The Labute approximate surface area is 133 Å². The van der Waals surface area contributed by atoms with Crippen molar-refractivity contribution in [2.45, 2.75) is 26.2 Å². The summed E-state index contributed by atoms with van der Waals surface area (Å²) in [6.07, 6.45) is 8.17. The molecule has 0 aliphatic carbocycles. The second kappa shape index (κ2) is 6.57. The van der Waals surface area contributed by atoms with Crippen molar-refractivity contribution in [3.8, 4) is 0 Å². The van der Waals surface area contributed by atoms with Crippen molar-refractivity contribution in [1.82, 2.24) is 9.88 Å². The fraction of sp³-hybridized carbons (Fsp3) is 0.474. The average molecular weight is 297 g/mol. The SMILES string of the molecule is CCCCN(C)c1ccc2c(C3=CCN(C)CC3)c[nH]c2c1. The predicted molar refractivity (Wildman–Crippen MR) is 96.6 cm³/mol. The number of nitrogens with one attached hydrogen (secondary N) is 1. The molecule has 0 saturated carbocycles. The Kier molecular flexibility index (Phi) is 4.53. The smallest absolute Gasteiger partial charge is 0.0481 e. The van der Waals surface area contributed by atoms with E-state index in [4.69, 9.17) is 0 Å². The Hall–Kier alpha value is -1.74. The van der Waals surface area contributed by atoms with Crippen molar-refractivity contribution >= 4 is 22.2 Å². The number of unbranched alkanes of at least 4 members (excludes halogenated alkanes) is 1. The van der Waals surface area contributed by atoms with E-state index in [0.717, 1.165) is 26.1 Å². The highest BCUT2D eigenvalue weighted by atomic mass is 15.1. The fourth-order valence-corrected chi connectivity index (χ4v) is 3.16. The van der Waals surface area contributed by atoms with E-state index in [2.05, 4.69) is 66.3 Å². The lowest BCUT2D eigenvalue weighted by Crippen LogP contribution is -2.23. The first-order chi connectivity index (χ1) is 10.7. The van der Waals surface area contributed by atoms with E-state index in [1.807, 2.05) is 0 Å². The number of aromatic nitrogens is 1. The zero-order valence-electron chi connectivity index (χ0n) is 14.0. The minimum Gasteiger partial charge on any atom is -0.375 e. The second-order valence-corrected chi connectivity index (χ2v) is 6.45. The summed E-state index contributed by atoms with van der Waals surface area (Å²) in [6.45, 7) is 5.56. The van der Waals surface area contributed by atoms with E-state index in [9.17, 15) is 0 Å². The van der Waals surface area contributed by atoms with Gasteiger partial charge in [0.05, 0.1) is 0 Å². The number of hydrogen-bond acceptors (Lipinski definition) is 2. The van der Waals surface area contributed by atoms with Crippen molar-refractivity contribution in [3.05, 3.63) is 36.0 Å². The molecule has 0 amide bonds. The fourth-order valence-electron chi connectivity index (χ4n) is 3.16. The van der Waals surface area contributed by atoms with Crippen LogP contribution in [0.1, 0.15) is 31.7 Å². The van der Waals surface area contributed by atoms with Crippen LogP contribution in [-0.2, 0) is 0 Å². The summed E-state index contributed by atoms with van der Waals surface area (Å²) in [5.74, 6) is 0. The zero-order valence-corrected chi connectivity index (χ0v) is 14.0. The second-order valence-electron chi connectivity index (χ2n) is 6.45. The molecule has 22 heavy (non-hydrogen) atoms. The quantitative estimate of drug-likeness (QED) is 0.896. The van der Waals surface area contributed by atoms with Crippen LogP contribution in [0.4, 0.5) is 5.69 Å². The Morgan fingerprint density at radius 2 is 2.18 bits per heavy atom. The maximum Gasteiger partial charge on any atom is 0.0481 e. The summed E-state index contributed by atoms with van der Waals surface area (Å²) >= 11 is 0. The van der Waals surface area contributed by atoms with Gasteiger partial charge in [0.25, 0.3) is 0 Å². The molecular weight excluding hydrogens is 270 g/mol. The highest BCUT2D eigenvalue weighted by molar-refractivity contribution is 5.94. The lowest BCUT2D eigenvalue weighted by molar-refractivity contribution is 0.370. The van der Waals surface area contributed by atoms with Gasteiger partial charge in [-0.25, -0.2) is 0 Å². The van der Waals surface area contributed by atoms with Gasteiger partial charge in [-0.3, -0.25) is 0 Å². The number of benzene rings is 1. The van der Waals surface area contributed by atoms with E-state index in [-0.39, 0.29) is 0 Å². The van der Waals surface area contributed by atoms with Gasteiger partial charge in [-0.2, -0.15) is 0 Å². The molecule has 0 atom stereocenters. The van der Waals surface area contributed by atoms with E-state index < -0.39 is 0 Å². The highest BCUT2D eigenvalue weighted by Gasteiger charge is 2.14. The number of fused-ring (bicyclic) bond motifs is 1. The van der Waals surface area contributed by atoms with Crippen LogP contribution < -0.4 is 4.90 Å². The minimum absolute atomic E-state index is 1.06. The maximum atomic E-state index is 3.47. The lowest BCUT2D eigenvalue weighted by Gasteiger charge is -2.22. The summed E-state index contributed by atoms with van der Waals surface area (Å²) < 4.78 is 0. The molecule has 0 unspecified atom stereocenters. The molecule has 1 aliphatic rings. The van der Waals surface area contributed by atoms with E-state index >= 15 is 0 Å². The van der Waals surface area contributed by atoms with Crippen molar-refractivity contribution in [1.29, 1.82) is 0 Å². The normalized spacial score (nSPS) is 16.0. The molecule has 2 heterocycles. The van der Waals surface area contributed by atoms with Gasteiger partial charge < -0.3 is 14.8 Å². The summed E-state index contributed by atoms with van der Waals surface area (Å²) in [6, 6.07) is 6.81. The minimum atomic E-state index is 1.06. The third-order valence-electron chi connectivity index (χ3n) is 4.71. The van der Waals surface area contributed by atoms with Crippen LogP contribution in [0, 0.1) is 0 Å². The Morgan fingerprint density at radius 3 is 2.91 bits per heavy atom. The number of H-pyrrole nitrogens is 1. The summed E-state index contributed by atoms with van der Waals surface area (Å²) in [5.41, 5.74) is 5.41. The predicted octanol–water partition coefficient (Wildman–Crippen LogP) is 4.12. The van der Waals surface area contributed by atoms with Crippen molar-refractivity contribution < 1.29 is 0 Å². The van der Waals surface area contributed by atoms with E-state index in [0.29, 0.717) is 0 Å². The standard InChI is InChI=1S/C19H27N3/c1-4-5-10-22(3)16-6-7-17-18(14-20-19(17)13-16)15-8-11-21(2)12-9-15/h6-8,13-14,20H,4-5,9-12H2,1-3H3. The molecule has 118 valence electrons. The number of aromatic amines is 1. The Bertz CT molecular complexity index is 668. The molecule has 0 spiro atoms. The van der Waals surface area contributed by atoms with Crippen molar-refractivity contribution in [3.63, 3.8) is 0 Å². The van der Waals surface area contributed by atoms with Gasteiger partial charge in [0.2, 0.25) is 0 Å². The van der Waals surface area contributed by atoms with Crippen molar-refractivity contribution in [2.75, 3.05) is 38.6 Å². The van der Waals surface area contributed by atoms with Crippen LogP contribution in [-0.4, -0.2) is 43.6 Å². The molecule has 0 saturated heterocycles. The van der Waals surface area contributed by atoms with Crippen LogP contribution in [0.15, 0.2) is 30.5 Å². The molecule has 1 aromatic carbocycles. The molecule has 1 N–H and O–H groups in total. The number of anilines is 1. The van der Waals surface area contributed by atoms with Gasteiger partial charge in [0.1, 0.15) is 0 Å². The molecule has 3 rings (SSSR count). The van der Waals surface area contributed by atoms with Crippen LogP contribution >= 0.6 is 0 Å². The summed E-state index contributed by atoms with van der Waals surface area (Å²) in [7, 11) is 4.36. The molecule has 1 aliphatic heterocycles. The third-order valence-corrected chi connectivity index (χ3v) is 4.71. The topological polar surface area (TPSA) is 22.3 Å². The van der Waals surface area contributed by atoms with Crippen molar-refractivity contribution in [2.24, 2.45) is 0 Å². The molecule has 0 bridgehead atoms.